The maximum Gasteiger partial charge on any atom is 0.326 e. The fourth-order valence-electron chi connectivity index (χ4n) is 6.32. The third-order valence-electron chi connectivity index (χ3n) is 9.27. The van der Waals surface area contributed by atoms with Gasteiger partial charge in [0, 0.05) is 30.1 Å². The molecule has 0 bridgehead atoms. The monoisotopic (exact) mass is 749 g/mol. The van der Waals surface area contributed by atoms with Gasteiger partial charge in [-0.25, -0.2) is 4.79 Å². The summed E-state index contributed by atoms with van der Waals surface area (Å²) in [5.74, 6) is -6.93. The second-order valence-corrected chi connectivity index (χ2v) is 13.7. The molecule has 1 aromatic heterocycles. The van der Waals surface area contributed by atoms with E-state index in [9.17, 15) is 43.8 Å². The Balaban J connectivity index is 1.50. The lowest BCUT2D eigenvalue weighted by Gasteiger charge is -2.29. The van der Waals surface area contributed by atoms with Crippen LogP contribution in [0.3, 0.4) is 0 Å². The van der Waals surface area contributed by atoms with Crippen LogP contribution in [0.1, 0.15) is 51.2 Å². The molecule has 0 radical (unpaired) electrons. The van der Waals surface area contributed by atoms with Crippen LogP contribution >= 0.6 is 0 Å². The molecule has 4 rings (SSSR count). The van der Waals surface area contributed by atoms with E-state index < -0.39 is 90.1 Å². The Morgan fingerprint density at radius 3 is 2.19 bits per heavy atom. The number of nitrogens with two attached hydrogens (primary N) is 1. The van der Waals surface area contributed by atoms with Crippen molar-refractivity contribution in [1.29, 1.82) is 0 Å². The fourth-order valence-corrected chi connectivity index (χ4v) is 6.32. The average Bonchev–Trinajstić information content (AvgIpc) is 3.78. The first-order valence-electron chi connectivity index (χ1n) is 17.6. The minimum Gasteiger partial charge on any atom is -0.508 e. The normalized spacial score (nSPS) is 16.8. The van der Waals surface area contributed by atoms with Crippen molar-refractivity contribution in [2.45, 2.75) is 89.1 Å². The maximum atomic E-state index is 14.0. The number of amides is 5. The number of nitrogens with zero attached hydrogens (tertiary/aromatic N) is 1. The van der Waals surface area contributed by atoms with E-state index in [1.54, 1.807) is 32.2 Å². The lowest BCUT2D eigenvalue weighted by molar-refractivity contribution is -0.147. The number of carboxylic acid groups (broad SMARTS) is 2. The van der Waals surface area contributed by atoms with Crippen molar-refractivity contribution in [3.05, 3.63) is 65.9 Å². The number of carbonyl (C=O) groups excluding carboxylic acids is 5. The molecule has 0 aliphatic carbocycles. The number of para-hydroxylation sites is 1. The summed E-state index contributed by atoms with van der Waals surface area (Å²) in [6.07, 6.45) is 1.88. The first-order valence-corrected chi connectivity index (χ1v) is 17.6. The molecule has 17 heteroatoms. The lowest BCUT2D eigenvalue weighted by Crippen LogP contribution is -2.60. The first kappa shape index (κ1) is 40.8. The van der Waals surface area contributed by atoms with Gasteiger partial charge in [-0.05, 0) is 61.4 Å². The van der Waals surface area contributed by atoms with Gasteiger partial charge in [-0.1, -0.05) is 44.2 Å². The molecule has 1 saturated heterocycles. The van der Waals surface area contributed by atoms with Gasteiger partial charge in [-0.3, -0.25) is 28.8 Å². The Labute approximate surface area is 311 Å². The van der Waals surface area contributed by atoms with Gasteiger partial charge < -0.3 is 52.2 Å². The highest BCUT2D eigenvalue weighted by Gasteiger charge is 2.39. The number of aromatic hydroxyl groups is 1. The van der Waals surface area contributed by atoms with Gasteiger partial charge in [0.2, 0.25) is 29.5 Å². The number of likely N-dealkylation sites (tertiary alicyclic amines) is 1. The van der Waals surface area contributed by atoms with Crippen molar-refractivity contribution >= 4 is 52.4 Å². The van der Waals surface area contributed by atoms with Crippen LogP contribution in [-0.2, 0) is 46.4 Å². The van der Waals surface area contributed by atoms with E-state index in [1.807, 2.05) is 24.3 Å². The summed E-state index contributed by atoms with van der Waals surface area (Å²) in [6, 6.07) is 6.31. The number of H-pyrrole nitrogens is 1. The van der Waals surface area contributed by atoms with Gasteiger partial charge >= 0.3 is 11.9 Å². The molecule has 0 saturated carbocycles. The molecule has 1 aliphatic rings. The third kappa shape index (κ3) is 10.6. The van der Waals surface area contributed by atoms with Crippen molar-refractivity contribution in [2.24, 2.45) is 11.7 Å². The summed E-state index contributed by atoms with van der Waals surface area (Å²) in [7, 11) is 0. The van der Waals surface area contributed by atoms with Crippen molar-refractivity contribution in [3.8, 4) is 5.75 Å². The highest BCUT2D eigenvalue weighted by atomic mass is 16.4. The van der Waals surface area contributed by atoms with Crippen molar-refractivity contribution < 1.29 is 48.9 Å². The van der Waals surface area contributed by atoms with E-state index in [1.165, 1.54) is 24.0 Å². The SMILES string of the molecule is CC(C)[C@H](NC(=O)[C@H](Cc1c[nH]c2ccccc12)NC(=O)[C@@H]1CCCN1C(=O)[C@@H](N)Cc1ccc(O)cc1)C(=O)N[C@@H](C)C(=O)N[C@@H](CC(=O)O)C(=O)O. The van der Waals surface area contributed by atoms with Crippen molar-refractivity contribution in [2.75, 3.05) is 6.54 Å². The summed E-state index contributed by atoms with van der Waals surface area (Å²) in [5.41, 5.74) is 8.50. The zero-order valence-electron chi connectivity index (χ0n) is 30.2. The van der Waals surface area contributed by atoms with Gasteiger partial charge in [0.1, 0.15) is 36.0 Å². The number of rotatable bonds is 17. The van der Waals surface area contributed by atoms with E-state index >= 15 is 0 Å². The lowest BCUT2D eigenvalue weighted by atomic mass is 10.00. The Kier molecular flexibility index (Phi) is 13.7. The van der Waals surface area contributed by atoms with E-state index in [0.29, 0.717) is 18.4 Å². The molecule has 17 nitrogen and oxygen atoms in total. The highest BCUT2D eigenvalue weighted by molar-refractivity contribution is 5.97. The zero-order valence-corrected chi connectivity index (χ0v) is 30.2. The molecule has 290 valence electrons. The van der Waals surface area contributed by atoms with Crippen LogP contribution in [-0.4, -0.2) is 109 Å². The summed E-state index contributed by atoms with van der Waals surface area (Å²) in [4.78, 5) is 94.5. The topological polar surface area (TPSA) is 273 Å². The molecule has 3 aromatic rings. The van der Waals surface area contributed by atoms with E-state index in [2.05, 4.69) is 26.3 Å². The Bertz CT molecular complexity index is 1860. The highest BCUT2D eigenvalue weighted by Crippen LogP contribution is 2.22. The van der Waals surface area contributed by atoms with Crippen LogP contribution in [0.5, 0.6) is 5.75 Å². The predicted molar refractivity (Wildman–Crippen MR) is 195 cm³/mol. The number of carbonyl (C=O) groups is 7. The molecule has 0 spiro atoms. The second-order valence-electron chi connectivity index (χ2n) is 13.7. The Morgan fingerprint density at radius 2 is 1.54 bits per heavy atom. The molecule has 2 aromatic carbocycles. The predicted octanol–water partition coefficient (Wildman–Crippen LogP) is 0.151. The molecule has 0 unspecified atom stereocenters. The maximum absolute atomic E-state index is 14.0. The van der Waals surface area contributed by atoms with Gasteiger partial charge in [-0.15, -0.1) is 0 Å². The molecule has 1 fully saturated rings. The minimum atomic E-state index is -1.73. The molecule has 1 aliphatic heterocycles. The number of fused-ring (bicyclic) bond motifs is 1. The molecular weight excluding hydrogens is 702 g/mol. The number of benzene rings is 2. The molecule has 5 amide bonds. The largest absolute Gasteiger partial charge is 0.508 e. The molecule has 10 N–H and O–H groups in total. The Hall–Kier alpha value is -5.97. The van der Waals surface area contributed by atoms with Crippen molar-refractivity contribution in [3.63, 3.8) is 0 Å². The number of aliphatic carboxylic acids is 2. The zero-order chi connectivity index (χ0) is 39.7. The summed E-state index contributed by atoms with van der Waals surface area (Å²) in [6.45, 7) is 4.86. The Morgan fingerprint density at radius 1 is 0.852 bits per heavy atom. The summed E-state index contributed by atoms with van der Waals surface area (Å²) >= 11 is 0. The van der Waals surface area contributed by atoms with Crippen LogP contribution < -0.4 is 27.0 Å². The number of nitrogens with one attached hydrogen (secondary N) is 5. The standard InChI is InChI=1S/C37H47N7O10/c1-19(2)31(35(51)40-20(3)32(48)42-28(37(53)54)17-30(46)47)43-33(49)27(16-22-18-39-26-8-5-4-7-24(22)26)41-34(50)29-9-6-14-44(29)36(52)25(38)15-21-10-12-23(45)13-11-21/h4-5,7-8,10-13,18-20,25,27-29,31,39,45H,6,9,14-17,38H2,1-3H3,(H,40,51)(H,41,50)(H,42,48)(H,43,49)(H,46,47)(H,53,54)/t20-,25-,27-,28-,29-,31-/m0/s1. The third-order valence-corrected chi connectivity index (χ3v) is 9.27. The minimum absolute atomic E-state index is 0.00795. The van der Waals surface area contributed by atoms with Gasteiger partial charge in [0.15, 0.2) is 0 Å². The smallest absolute Gasteiger partial charge is 0.326 e. The number of phenolic OH excluding ortho intramolecular Hbond substituents is 1. The second kappa shape index (κ2) is 18.2. The number of aromatic nitrogens is 1. The van der Waals surface area contributed by atoms with Gasteiger partial charge in [0.25, 0.3) is 0 Å². The fraction of sp³-hybridized carbons (Fsp3) is 0.432. The molecular formula is C37H47N7O10. The van der Waals surface area contributed by atoms with Gasteiger partial charge in [-0.2, -0.15) is 0 Å². The number of hydrogen-bond acceptors (Lipinski definition) is 9. The number of carboxylic acids is 2. The molecule has 6 atom stereocenters. The van der Waals surface area contributed by atoms with Crippen molar-refractivity contribution in [1.82, 2.24) is 31.2 Å². The van der Waals surface area contributed by atoms with Crippen LogP contribution in [0.2, 0.25) is 0 Å². The van der Waals surface area contributed by atoms with E-state index in [0.717, 1.165) is 16.5 Å². The quantitative estimate of drug-likeness (QED) is 0.0896. The molecule has 2 heterocycles. The summed E-state index contributed by atoms with van der Waals surface area (Å²) < 4.78 is 0. The van der Waals surface area contributed by atoms with Gasteiger partial charge in [0.05, 0.1) is 12.5 Å². The summed E-state index contributed by atoms with van der Waals surface area (Å²) in [5, 5.41) is 38.7. The number of phenols is 1. The van der Waals surface area contributed by atoms with E-state index in [-0.39, 0.29) is 25.1 Å². The number of aromatic amines is 1. The van der Waals surface area contributed by atoms with Crippen LogP contribution in [0, 0.1) is 5.92 Å². The van der Waals surface area contributed by atoms with E-state index in [4.69, 9.17) is 10.8 Å². The average molecular weight is 750 g/mol. The number of hydrogen-bond donors (Lipinski definition) is 9. The van der Waals surface area contributed by atoms with Crippen LogP contribution in [0.4, 0.5) is 0 Å². The van der Waals surface area contributed by atoms with Crippen LogP contribution in [0.15, 0.2) is 54.7 Å². The van der Waals surface area contributed by atoms with Crippen LogP contribution in [0.25, 0.3) is 10.9 Å². The molecule has 54 heavy (non-hydrogen) atoms. The first-order chi connectivity index (χ1) is 25.5.